The fourth-order valence-corrected chi connectivity index (χ4v) is 1.90. The molecule has 0 aliphatic heterocycles. The van der Waals surface area contributed by atoms with Gasteiger partial charge in [0.15, 0.2) is 11.9 Å². The Balaban J connectivity index is 2.85. The average Bonchev–Trinajstić information content (AvgIpc) is 2.47. The fourth-order valence-electron chi connectivity index (χ4n) is 1.90. The predicted octanol–water partition coefficient (Wildman–Crippen LogP) is 4.16. The van der Waals surface area contributed by atoms with Crippen molar-refractivity contribution in [1.29, 1.82) is 0 Å². The molecule has 0 bridgehead atoms. The van der Waals surface area contributed by atoms with Crippen molar-refractivity contribution in [2.45, 2.75) is 39.9 Å². The zero-order chi connectivity index (χ0) is 15.7. The Morgan fingerprint density at radius 1 is 1.33 bits per heavy atom. The number of hydrogen-bond acceptors (Lipinski definition) is 3. The molecule has 112 valence electrons. The Kier molecular flexibility index (Phi) is 7.06. The van der Waals surface area contributed by atoms with Crippen LogP contribution in [0, 0.1) is 0 Å². The van der Waals surface area contributed by atoms with Crippen LogP contribution in [0.2, 0.25) is 0 Å². The first-order valence-corrected chi connectivity index (χ1v) is 6.99. The standard InChI is InChI=1S/C18H22O3/c1-5-10-14(3)18(21-15(4)19)17(6-2)20-13-16-11-8-7-9-12-16/h7-12,18H,2,5,13H2,1,3-4H3/b14-10+. The maximum Gasteiger partial charge on any atom is 0.303 e. The molecular weight excluding hydrogens is 264 g/mol. The second-order valence-electron chi connectivity index (χ2n) is 4.66. The quantitative estimate of drug-likeness (QED) is 0.327. The first-order valence-electron chi connectivity index (χ1n) is 6.99. The third kappa shape index (κ3) is 5.72. The number of allylic oxidation sites excluding steroid dienone is 1. The number of carbonyl (C=O) groups excluding carboxylic acids is 1. The lowest BCUT2D eigenvalue weighted by Crippen LogP contribution is -2.21. The zero-order valence-corrected chi connectivity index (χ0v) is 12.9. The Bertz CT molecular complexity index is 537. The van der Waals surface area contributed by atoms with Crippen LogP contribution in [0.15, 0.2) is 60.1 Å². The van der Waals surface area contributed by atoms with Crippen LogP contribution in [-0.2, 0) is 20.9 Å². The van der Waals surface area contributed by atoms with E-state index in [1.54, 1.807) is 0 Å². The van der Waals surface area contributed by atoms with Crippen LogP contribution >= 0.6 is 0 Å². The predicted molar refractivity (Wildman–Crippen MR) is 83.5 cm³/mol. The van der Waals surface area contributed by atoms with Crippen LogP contribution < -0.4 is 0 Å². The molecule has 0 N–H and O–H groups in total. The molecule has 1 aromatic carbocycles. The highest BCUT2D eigenvalue weighted by molar-refractivity contribution is 5.66. The molecule has 1 unspecified atom stereocenters. The molecule has 0 aliphatic carbocycles. The lowest BCUT2D eigenvalue weighted by molar-refractivity contribution is -0.144. The zero-order valence-electron chi connectivity index (χ0n) is 12.9. The highest BCUT2D eigenvalue weighted by Gasteiger charge is 2.21. The monoisotopic (exact) mass is 286 g/mol. The molecule has 1 atom stereocenters. The van der Waals surface area contributed by atoms with Crippen LogP contribution in [-0.4, -0.2) is 12.1 Å². The van der Waals surface area contributed by atoms with Gasteiger partial charge in [0, 0.05) is 6.92 Å². The van der Waals surface area contributed by atoms with Gasteiger partial charge in [0.2, 0.25) is 0 Å². The van der Waals surface area contributed by atoms with Crippen molar-refractivity contribution in [3.8, 4) is 0 Å². The first-order chi connectivity index (χ1) is 10.1. The van der Waals surface area contributed by atoms with E-state index in [2.05, 4.69) is 12.3 Å². The maximum atomic E-state index is 11.3. The van der Waals surface area contributed by atoms with Crippen molar-refractivity contribution in [2.75, 3.05) is 0 Å². The fraction of sp³-hybridized carbons (Fsp3) is 0.333. The second kappa shape index (κ2) is 8.83. The van der Waals surface area contributed by atoms with E-state index in [1.165, 1.54) is 6.92 Å². The first kappa shape index (κ1) is 16.8. The molecule has 0 heterocycles. The number of esters is 1. The van der Waals surface area contributed by atoms with Gasteiger partial charge >= 0.3 is 5.97 Å². The van der Waals surface area contributed by atoms with E-state index >= 15 is 0 Å². The van der Waals surface area contributed by atoms with Gasteiger partial charge in [-0.1, -0.05) is 55.6 Å². The van der Waals surface area contributed by atoms with Gasteiger partial charge in [-0.15, -0.1) is 0 Å². The third-order valence-corrected chi connectivity index (χ3v) is 2.87. The minimum atomic E-state index is -0.566. The molecule has 0 spiro atoms. The van der Waals surface area contributed by atoms with Gasteiger partial charge in [0.25, 0.3) is 0 Å². The lowest BCUT2D eigenvalue weighted by Gasteiger charge is -2.20. The lowest BCUT2D eigenvalue weighted by atomic mass is 10.1. The maximum absolute atomic E-state index is 11.3. The van der Waals surface area contributed by atoms with Crippen molar-refractivity contribution >= 4 is 5.97 Å². The van der Waals surface area contributed by atoms with E-state index in [0.717, 1.165) is 17.6 Å². The summed E-state index contributed by atoms with van der Waals surface area (Å²) in [5.74, 6) is 0.0659. The van der Waals surface area contributed by atoms with Crippen molar-refractivity contribution in [3.63, 3.8) is 0 Å². The summed E-state index contributed by atoms with van der Waals surface area (Å²) in [5, 5.41) is 0. The largest absolute Gasteiger partial charge is 0.481 e. The molecule has 0 saturated heterocycles. The molecule has 0 fully saturated rings. The Morgan fingerprint density at radius 2 is 2.00 bits per heavy atom. The topological polar surface area (TPSA) is 35.5 Å². The van der Waals surface area contributed by atoms with Crippen LogP contribution in [0.3, 0.4) is 0 Å². The number of hydrogen-bond donors (Lipinski definition) is 0. The van der Waals surface area contributed by atoms with E-state index in [1.807, 2.05) is 50.3 Å². The van der Waals surface area contributed by atoms with Gasteiger partial charge in [-0.2, -0.15) is 0 Å². The molecule has 3 nitrogen and oxygen atoms in total. The summed E-state index contributed by atoms with van der Waals surface area (Å²) >= 11 is 0. The molecule has 0 saturated carbocycles. The Hall–Kier alpha value is -2.25. The van der Waals surface area contributed by atoms with Crippen LogP contribution in [0.5, 0.6) is 0 Å². The number of carbonyl (C=O) groups is 1. The summed E-state index contributed by atoms with van der Waals surface area (Å²) in [6, 6.07) is 9.78. The summed E-state index contributed by atoms with van der Waals surface area (Å²) < 4.78 is 11.1. The van der Waals surface area contributed by atoms with Crippen molar-refractivity contribution in [3.05, 3.63) is 65.6 Å². The summed E-state index contributed by atoms with van der Waals surface area (Å²) in [5.41, 5.74) is 4.68. The molecule has 3 heteroatoms. The molecule has 0 aromatic heterocycles. The third-order valence-electron chi connectivity index (χ3n) is 2.87. The van der Waals surface area contributed by atoms with E-state index in [9.17, 15) is 4.79 Å². The van der Waals surface area contributed by atoms with Gasteiger partial charge in [-0.3, -0.25) is 4.79 Å². The molecular formula is C18H22O3. The molecule has 0 aliphatic rings. The Labute approximate surface area is 126 Å². The molecule has 1 rings (SSSR count). The molecule has 21 heavy (non-hydrogen) atoms. The van der Waals surface area contributed by atoms with E-state index in [-0.39, 0.29) is 5.97 Å². The summed E-state index contributed by atoms with van der Waals surface area (Å²) in [6.45, 7) is 9.33. The number of rotatable bonds is 7. The van der Waals surface area contributed by atoms with E-state index in [4.69, 9.17) is 9.47 Å². The van der Waals surface area contributed by atoms with Crippen LogP contribution in [0.25, 0.3) is 0 Å². The minimum Gasteiger partial charge on any atom is -0.481 e. The number of ether oxygens (including phenoxy) is 2. The van der Waals surface area contributed by atoms with E-state index < -0.39 is 6.10 Å². The molecule has 0 radical (unpaired) electrons. The molecule has 0 amide bonds. The van der Waals surface area contributed by atoms with Gasteiger partial charge in [0.1, 0.15) is 6.61 Å². The van der Waals surface area contributed by atoms with Crippen molar-refractivity contribution in [2.24, 2.45) is 0 Å². The smallest absolute Gasteiger partial charge is 0.303 e. The second-order valence-corrected chi connectivity index (χ2v) is 4.66. The minimum absolute atomic E-state index is 0.361. The average molecular weight is 286 g/mol. The highest BCUT2D eigenvalue weighted by atomic mass is 16.6. The van der Waals surface area contributed by atoms with Gasteiger partial charge in [-0.05, 0) is 24.5 Å². The Morgan fingerprint density at radius 3 is 2.52 bits per heavy atom. The van der Waals surface area contributed by atoms with Gasteiger partial charge < -0.3 is 9.47 Å². The highest BCUT2D eigenvalue weighted by Crippen LogP contribution is 2.19. The van der Waals surface area contributed by atoms with Gasteiger partial charge in [-0.25, -0.2) is 0 Å². The summed E-state index contributed by atoms with van der Waals surface area (Å²) in [6.07, 6.45) is 2.28. The van der Waals surface area contributed by atoms with Gasteiger partial charge in [0.05, 0.1) is 0 Å². The summed E-state index contributed by atoms with van der Waals surface area (Å²) in [7, 11) is 0. The normalized spacial score (nSPS) is 12.2. The number of benzene rings is 1. The van der Waals surface area contributed by atoms with Crippen LogP contribution in [0.1, 0.15) is 32.8 Å². The van der Waals surface area contributed by atoms with Crippen LogP contribution in [0.4, 0.5) is 0 Å². The van der Waals surface area contributed by atoms with E-state index in [0.29, 0.717) is 12.4 Å². The van der Waals surface area contributed by atoms with Crippen molar-refractivity contribution < 1.29 is 14.3 Å². The van der Waals surface area contributed by atoms with Crippen molar-refractivity contribution in [1.82, 2.24) is 0 Å². The summed E-state index contributed by atoms with van der Waals surface area (Å²) in [4.78, 5) is 11.3. The molecule has 1 aromatic rings. The SMILES string of the molecule is C=C=C(OCc1ccccc1)C(OC(C)=O)/C(C)=C/CC.